The number of methoxy groups -OCH3 is 1. The number of carbonyl (C=O) groups is 3. The fourth-order valence-electron chi connectivity index (χ4n) is 2.18. The molecule has 164 valence electrons. The first-order valence-corrected chi connectivity index (χ1v) is 11.7. The van der Waals surface area contributed by atoms with Crippen molar-refractivity contribution in [2.45, 2.75) is 47.1 Å². The van der Waals surface area contributed by atoms with Crippen molar-refractivity contribution in [3.8, 4) is 0 Å². The Balaban J connectivity index is 2.57. The minimum atomic E-state index is -4.01. The monoisotopic (exact) mass is 441 g/mol. The van der Waals surface area contributed by atoms with E-state index >= 15 is 0 Å². The molecule has 1 amide bonds. The molecule has 0 aromatic carbocycles. The van der Waals surface area contributed by atoms with E-state index in [2.05, 4.69) is 10.1 Å². The molecule has 0 spiro atoms. The van der Waals surface area contributed by atoms with Gasteiger partial charge in [-0.3, -0.25) is 0 Å². The molecule has 11 heteroatoms. The molecule has 0 bridgehead atoms. The van der Waals surface area contributed by atoms with Crippen LogP contribution in [0.1, 0.15) is 41.0 Å². The predicted molar refractivity (Wildman–Crippen MR) is 108 cm³/mol. The molecule has 0 aliphatic carbocycles. The van der Waals surface area contributed by atoms with Crippen LogP contribution in [0.2, 0.25) is 0 Å². The first-order valence-electron chi connectivity index (χ1n) is 9.00. The van der Waals surface area contributed by atoms with Crippen LogP contribution in [0.3, 0.4) is 0 Å². The zero-order valence-corrected chi connectivity index (χ0v) is 19.1. The molecule has 2 N–H and O–H groups in total. The Morgan fingerprint density at radius 3 is 2.54 bits per heavy atom. The van der Waals surface area contributed by atoms with Crippen LogP contribution < -0.4 is 5.32 Å². The van der Waals surface area contributed by atoms with Gasteiger partial charge in [-0.25, -0.2) is 0 Å². The van der Waals surface area contributed by atoms with E-state index in [1.165, 1.54) is 7.11 Å². The van der Waals surface area contributed by atoms with Gasteiger partial charge in [0.15, 0.2) is 0 Å². The van der Waals surface area contributed by atoms with Crippen molar-refractivity contribution in [1.82, 2.24) is 5.32 Å². The summed E-state index contributed by atoms with van der Waals surface area (Å²) in [5.41, 5.74) is -1.16. The average Bonchev–Trinajstić information content (AvgIpc) is 2.60. The molecule has 0 aromatic rings. The third-order valence-electron chi connectivity index (χ3n) is 3.91. The summed E-state index contributed by atoms with van der Waals surface area (Å²) < 4.78 is 20.8. The summed E-state index contributed by atoms with van der Waals surface area (Å²) in [4.78, 5) is 46.0. The maximum absolute atomic E-state index is 12.5. The zero-order chi connectivity index (χ0) is 21.6. The summed E-state index contributed by atoms with van der Waals surface area (Å²) in [5.74, 6) is -0.578. The second-order valence-corrected chi connectivity index (χ2v) is 11.1. The van der Waals surface area contributed by atoms with Crippen LogP contribution in [-0.2, 0) is 32.7 Å². The van der Waals surface area contributed by atoms with Crippen molar-refractivity contribution in [3.05, 3.63) is 0 Å². The molecule has 1 saturated heterocycles. The van der Waals surface area contributed by atoms with E-state index in [4.69, 9.17) is 13.6 Å². The number of esters is 1. The van der Waals surface area contributed by atoms with Crippen LogP contribution in [0.5, 0.6) is 0 Å². The summed E-state index contributed by atoms with van der Waals surface area (Å²) in [6.45, 7) is 9.21. The molecule has 0 radical (unpaired) electrons. The summed E-state index contributed by atoms with van der Waals surface area (Å²) in [6.07, 6.45) is -0.970. The van der Waals surface area contributed by atoms with Crippen molar-refractivity contribution in [2.24, 2.45) is 10.8 Å². The molecule has 9 nitrogen and oxygen atoms in total. The molecule has 0 unspecified atom stereocenters. The van der Waals surface area contributed by atoms with Crippen LogP contribution >= 0.6 is 19.9 Å². The predicted octanol–water partition coefficient (Wildman–Crippen LogP) is 1.83. The molecule has 1 fully saturated rings. The second-order valence-electron chi connectivity index (χ2n) is 8.15. The van der Waals surface area contributed by atoms with Gasteiger partial charge in [0.1, 0.15) is 0 Å². The number of thioether (sulfide) groups is 1. The fourth-order valence-corrected chi connectivity index (χ4v) is 4.97. The van der Waals surface area contributed by atoms with Gasteiger partial charge >= 0.3 is 170 Å². The Morgan fingerprint density at radius 2 is 1.96 bits per heavy atom. The molecule has 1 heterocycles. The first-order chi connectivity index (χ1) is 12.8. The van der Waals surface area contributed by atoms with Crippen LogP contribution in [0, 0.1) is 10.8 Å². The molecule has 0 saturated carbocycles. The minimum absolute atomic E-state index is 0.0132. The standard InChI is InChI=1S/C17H32NO8PS/c1-16(2,3)15(21)28-10-9-24-27(22)25-11-17(4,5)13(26-27)14(20)18-8-7-12(19)23-6/h13,22,27H,7-11H2,1-6H3,(H,18,20)/t13-/m0/s1. The third kappa shape index (κ3) is 7.93. The Hall–Kier alpha value is -0.770. The van der Waals surface area contributed by atoms with E-state index in [9.17, 15) is 19.3 Å². The summed E-state index contributed by atoms with van der Waals surface area (Å²) in [6, 6.07) is 0. The van der Waals surface area contributed by atoms with Gasteiger partial charge in [-0.2, -0.15) is 0 Å². The molecular formula is C17H32NO8PS. The SMILES string of the molecule is COC(=O)CCNC(=O)[C@@H]1O[PH](O)(OCCSC(=O)C(C)(C)C)OCC1(C)C. The molecule has 1 atom stereocenters. The second kappa shape index (κ2) is 10.3. The summed E-state index contributed by atoms with van der Waals surface area (Å²) >= 11 is 1.11. The van der Waals surface area contributed by atoms with E-state index < -0.39 is 37.0 Å². The average molecular weight is 441 g/mol. The van der Waals surface area contributed by atoms with Gasteiger partial charge in [-0.15, -0.1) is 0 Å². The van der Waals surface area contributed by atoms with E-state index in [1.54, 1.807) is 13.8 Å². The van der Waals surface area contributed by atoms with Crippen molar-refractivity contribution >= 4 is 36.9 Å². The van der Waals surface area contributed by atoms with Gasteiger partial charge in [0.2, 0.25) is 0 Å². The topological polar surface area (TPSA) is 120 Å². The number of ether oxygens (including phenoxy) is 1. The Kier molecular flexibility index (Phi) is 9.31. The molecule has 1 aliphatic heterocycles. The Labute approximate surface area is 170 Å². The van der Waals surface area contributed by atoms with Gasteiger partial charge < -0.3 is 0 Å². The number of carbonyl (C=O) groups excluding carboxylic acids is 3. The zero-order valence-electron chi connectivity index (χ0n) is 17.3. The van der Waals surface area contributed by atoms with Crippen molar-refractivity contribution in [2.75, 3.05) is 32.6 Å². The van der Waals surface area contributed by atoms with Crippen molar-refractivity contribution in [3.63, 3.8) is 0 Å². The number of amides is 1. The van der Waals surface area contributed by atoms with Crippen LogP contribution in [-0.4, -0.2) is 60.6 Å². The Bertz CT molecular complexity index is 580. The van der Waals surface area contributed by atoms with Gasteiger partial charge in [0.25, 0.3) is 0 Å². The van der Waals surface area contributed by atoms with Gasteiger partial charge in [0.05, 0.1) is 0 Å². The quantitative estimate of drug-likeness (QED) is 0.330. The number of hydrogen-bond donors (Lipinski definition) is 2. The molecule has 1 aliphatic rings. The maximum atomic E-state index is 12.5. The first kappa shape index (κ1) is 25.3. The van der Waals surface area contributed by atoms with E-state index in [0.29, 0.717) is 5.75 Å². The number of nitrogens with one attached hydrogen (secondary N) is 1. The summed E-state index contributed by atoms with van der Waals surface area (Å²) in [7, 11) is -2.75. The van der Waals surface area contributed by atoms with Crippen LogP contribution in [0.4, 0.5) is 0 Å². The number of rotatable bonds is 8. The van der Waals surface area contributed by atoms with Gasteiger partial charge in [0, 0.05) is 0 Å². The van der Waals surface area contributed by atoms with Crippen molar-refractivity contribution < 1.29 is 37.6 Å². The fraction of sp³-hybridized carbons (Fsp3) is 0.824. The van der Waals surface area contributed by atoms with E-state index in [1.807, 2.05) is 20.8 Å². The molecule has 0 aromatic heterocycles. The van der Waals surface area contributed by atoms with E-state index in [-0.39, 0.29) is 31.3 Å². The summed E-state index contributed by atoms with van der Waals surface area (Å²) in [5, 5.41) is 2.61. The molecule has 1 rings (SSSR count). The van der Waals surface area contributed by atoms with Crippen molar-refractivity contribution in [1.29, 1.82) is 0 Å². The van der Waals surface area contributed by atoms with Crippen LogP contribution in [0.15, 0.2) is 0 Å². The Morgan fingerprint density at radius 1 is 1.32 bits per heavy atom. The molecular weight excluding hydrogens is 409 g/mol. The van der Waals surface area contributed by atoms with Gasteiger partial charge in [-0.05, 0) is 0 Å². The number of hydrogen-bond acceptors (Lipinski definition) is 9. The third-order valence-corrected chi connectivity index (χ3v) is 6.77. The molecule has 28 heavy (non-hydrogen) atoms. The normalized spacial score (nSPS) is 22.2. The van der Waals surface area contributed by atoms with Crippen LogP contribution in [0.25, 0.3) is 0 Å². The van der Waals surface area contributed by atoms with E-state index in [0.717, 1.165) is 11.8 Å². The van der Waals surface area contributed by atoms with Gasteiger partial charge in [-0.1, -0.05) is 0 Å².